The van der Waals surface area contributed by atoms with Crippen LogP contribution in [0.25, 0.3) is 0 Å². The third kappa shape index (κ3) is 2.81. The van der Waals surface area contributed by atoms with E-state index in [1.807, 2.05) is 0 Å². The van der Waals surface area contributed by atoms with Gasteiger partial charge in [0.2, 0.25) is 0 Å². The van der Waals surface area contributed by atoms with Gasteiger partial charge in [-0.1, -0.05) is 51.4 Å². The van der Waals surface area contributed by atoms with Gasteiger partial charge >= 0.3 is 0 Å². The minimum atomic E-state index is 1.12. The smallest absolute Gasteiger partial charge is 0.0981 e. The summed E-state index contributed by atoms with van der Waals surface area (Å²) in [6.07, 6.45) is 10.4. The Hall–Kier alpha value is 0.130. The van der Waals surface area contributed by atoms with Gasteiger partial charge in [-0.05, 0) is 0 Å². The Morgan fingerprint density at radius 3 is 2.90 bits per heavy atom. The molecule has 10 heavy (non-hydrogen) atoms. The second-order valence-electron chi connectivity index (χ2n) is 3.65. The summed E-state index contributed by atoms with van der Waals surface area (Å²) in [7, 11) is 1.51. The highest BCUT2D eigenvalue weighted by Crippen LogP contribution is 2.19. The quantitative estimate of drug-likeness (QED) is 0.411. The second-order valence-corrected chi connectivity index (χ2v) is 3.65. The van der Waals surface area contributed by atoms with Crippen molar-refractivity contribution >= 4 is 14.0 Å². The monoisotopic (exact) mass is 136 g/mol. The molecule has 0 unspecified atom stereocenters. The maximum atomic E-state index is 2.29. The van der Waals surface area contributed by atoms with Crippen molar-refractivity contribution in [3.05, 3.63) is 0 Å². The Balaban J connectivity index is 1.91. The van der Waals surface area contributed by atoms with Crippen LogP contribution in [0, 0.1) is 0 Å². The molecule has 0 radical (unpaired) electrons. The number of hydrogen-bond acceptors (Lipinski definition) is 0. The fourth-order valence-corrected chi connectivity index (χ4v) is 1.98. The summed E-state index contributed by atoms with van der Waals surface area (Å²) < 4.78 is 0. The molecule has 1 aliphatic rings. The Kier molecular flexibility index (Phi) is 4.01. The molecule has 0 saturated carbocycles. The second kappa shape index (κ2) is 4.87. The van der Waals surface area contributed by atoms with E-state index >= 15 is 0 Å². The fraction of sp³-hybridized carbons (Fsp3) is 1.00. The van der Waals surface area contributed by atoms with Crippen LogP contribution in [-0.2, 0) is 0 Å². The third-order valence-electron chi connectivity index (χ3n) is 2.69. The van der Waals surface area contributed by atoms with Crippen LogP contribution in [0.2, 0.25) is 25.2 Å². The van der Waals surface area contributed by atoms with E-state index in [9.17, 15) is 0 Å². The summed E-state index contributed by atoms with van der Waals surface area (Å²) in [6.45, 7) is 3.40. The van der Waals surface area contributed by atoms with Crippen molar-refractivity contribution in [3.63, 3.8) is 0 Å². The Morgan fingerprint density at radius 1 is 1.40 bits per heavy atom. The summed E-state index contributed by atoms with van der Waals surface area (Å²) in [5.41, 5.74) is 0. The van der Waals surface area contributed by atoms with E-state index < -0.39 is 0 Å². The van der Waals surface area contributed by atoms with E-state index in [-0.39, 0.29) is 0 Å². The van der Waals surface area contributed by atoms with Crippen LogP contribution in [0.1, 0.15) is 26.2 Å². The Labute approximate surface area is 66.1 Å². The highest BCUT2D eigenvalue weighted by atomic mass is 13.9. The first-order valence-corrected chi connectivity index (χ1v) is 4.93. The lowest BCUT2D eigenvalue weighted by atomic mass is 9.42. The zero-order valence-electron chi connectivity index (χ0n) is 7.23. The molecular weight excluding hydrogens is 118 g/mol. The van der Waals surface area contributed by atoms with Crippen molar-refractivity contribution in [3.8, 4) is 0 Å². The Morgan fingerprint density at radius 2 is 2.30 bits per heavy atom. The first-order valence-electron chi connectivity index (χ1n) is 4.93. The van der Waals surface area contributed by atoms with Crippen LogP contribution in [0.5, 0.6) is 0 Å². The molecule has 0 aromatic carbocycles. The maximum Gasteiger partial charge on any atom is 0.131 e. The molecule has 1 rings (SSSR count). The third-order valence-corrected chi connectivity index (χ3v) is 2.69. The molecule has 1 fully saturated rings. The van der Waals surface area contributed by atoms with Gasteiger partial charge in [0.25, 0.3) is 0 Å². The molecular formula is C8H18B2. The number of hydrogen-bond donors (Lipinski definition) is 0. The molecule has 0 atom stereocenters. The molecule has 0 aromatic rings. The first kappa shape index (κ1) is 8.23. The van der Waals surface area contributed by atoms with Crippen LogP contribution in [0.15, 0.2) is 0 Å². The lowest BCUT2D eigenvalue weighted by molar-refractivity contribution is 0.765. The van der Waals surface area contributed by atoms with E-state index in [1.165, 1.54) is 51.7 Å². The van der Waals surface area contributed by atoms with Crippen LogP contribution < -0.4 is 0 Å². The van der Waals surface area contributed by atoms with Gasteiger partial charge in [-0.15, -0.1) is 0 Å². The van der Waals surface area contributed by atoms with Crippen molar-refractivity contribution in [1.82, 2.24) is 0 Å². The highest BCUT2D eigenvalue weighted by Gasteiger charge is 2.18. The molecule has 1 heterocycles. The largest absolute Gasteiger partial charge is 0.131 e. The lowest BCUT2D eigenvalue weighted by Crippen LogP contribution is -2.05. The fourth-order valence-electron chi connectivity index (χ4n) is 1.98. The molecule has 1 saturated heterocycles. The van der Waals surface area contributed by atoms with Gasteiger partial charge in [0.15, 0.2) is 0 Å². The van der Waals surface area contributed by atoms with Crippen molar-refractivity contribution in [1.29, 1.82) is 0 Å². The average Bonchev–Trinajstić information content (AvgIpc) is 2.41. The minimum absolute atomic E-state index is 1.12. The number of rotatable bonds is 4. The van der Waals surface area contributed by atoms with Crippen LogP contribution >= 0.6 is 0 Å². The summed E-state index contributed by atoms with van der Waals surface area (Å²) in [4.78, 5) is 0. The molecule has 0 spiro atoms. The summed E-state index contributed by atoms with van der Waals surface area (Å²) in [5.74, 6) is 0. The Bertz CT molecular complexity index is 77.3. The van der Waals surface area contributed by atoms with Gasteiger partial charge in [-0.25, -0.2) is 0 Å². The molecule has 0 bridgehead atoms. The summed E-state index contributed by atoms with van der Waals surface area (Å²) in [5, 5.41) is 0. The molecule has 1 aliphatic heterocycles. The highest BCUT2D eigenvalue weighted by molar-refractivity contribution is 6.74. The van der Waals surface area contributed by atoms with Crippen LogP contribution in [0.4, 0.5) is 0 Å². The molecule has 2 heteroatoms. The molecule has 0 N–H and O–H groups in total. The SMILES string of the molecule is CCCCCB1CBCC1. The lowest BCUT2D eigenvalue weighted by Gasteiger charge is -2.02. The van der Waals surface area contributed by atoms with E-state index in [2.05, 4.69) is 6.92 Å². The van der Waals surface area contributed by atoms with E-state index in [4.69, 9.17) is 0 Å². The molecule has 56 valence electrons. The van der Waals surface area contributed by atoms with Crippen molar-refractivity contribution < 1.29 is 0 Å². The zero-order chi connectivity index (χ0) is 7.23. The van der Waals surface area contributed by atoms with Gasteiger partial charge in [-0.2, -0.15) is 0 Å². The van der Waals surface area contributed by atoms with Gasteiger partial charge < -0.3 is 0 Å². The van der Waals surface area contributed by atoms with Gasteiger partial charge in [-0.3, -0.25) is 0 Å². The molecule has 0 amide bonds. The summed E-state index contributed by atoms with van der Waals surface area (Å²) in [6, 6.07) is 0. The van der Waals surface area contributed by atoms with Gasteiger partial charge in [0.05, 0.1) is 0 Å². The standard InChI is InChI=1S/C8H18B2/c1-2-3-4-6-10-7-5-9-8-10/h9H,2-8H2,1H3. The van der Waals surface area contributed by atoms with E-state index in [0.717, 1.165) is 6.71 Å². The first-order chi connectivity index (χ1) is 4.93. The van der Waals surface area contributed by atoms with Crippen molar-refractivity contribution in [2.75, 3.05) is 0 Å². The molecule has 0 aromatic heterocycles. The predicted molar refractivity (Wildman–Crippen MR) is 51.7 cm³/mol. The van der Waals surface area contributed by atoms with Gasteiger partial charge in [0.1, 0.15) is 14.0 Å². The summed E-state index contributed by atoms with van der Waals surface area (Å²) >= 11 is 0. The zero-order valence-corrected chi connectivity index (χ0v) is 7.23. The van der Waals surface area contributed by atoms with Gasteiger partial charge in [0, 0.05) is 0 Å². The van der Waals surface area contributed by atoms with Crippen LogP contribution in [0.3, 0.4) is 0 Å². The maximum absolute atomic E-state index is 2.29. The van der Waals surface area contributed by atoms with E-state index in [1.54, 1.807) is 0 Å². The van der Waals surface area contributed by atoms with Crippen molar-refractivity contribution in [2.24, 2.45) is 0 Å². The molecule has 0 nitrogen and oxygen atoms in total. The van der Waals surface area contributed by atoms with E-state index in [0.29, 0.717) is 0 Å². The number of unbranched alkanes of at least 4 members (excludes halogenated alkanes) is 2. The average molecular weight is 136 g/mol. The van der Waals surface area contributed by atoms with Crippen molar-refractivity contribution in [2.45, 2.75) is 51.4 Å². The normalized spacial score (nSPS) is 17.5. The van der Waals surface area contributed by atoms with Crippen LogP contribution in [-0.4, -0.2) is 14.0 Å². The minimum Gasteiger partial charge on any atom is -0.0981 e. The predicted octanol–water partition coefficient (Wildman–Crippen LogP) is 2.50. The molecule has 0 aliphatic carbocycles. The topological polar surface area (TPSA) is 0 Å².